The number of morpholine rings is 1. The van der Waals surface area contributed by atoms with Crippen molar-refractivity contribution in [2.75, 3.05) is 24.6 Å². The average molecular weight is 484 g/mol. The summed E-state index contributed by atoms with van der Waals surface area (Å²) in [7, 11) is 1.61. The molecule has 4 aromatic rings. The Morgan fingerprint density at radius 2 is 1.97 bits per heavy atom. The molecule has 5 rings (SSSR count). The summed E-state index contributed by atoms with van der Waals surface area (Å²) in [6.45, 7) is 2.97. The molecule has 34 heavy (non-hydrogen) atoms. The number of hydrogen-bond donors (Lipinski definition) is 0. The first-order valence-corrected chi connectivity index (χ1v) is 11.0. The predicted molar refractivity (Wildman–Crippen MR) is 125 cm³/mol. The van der Waals surface area contributed by atoms with Crippen LogP contribution in [0.25, 0.3) is 22.2 Å². The third kappa shape index (κ3) is 4.01. The molecule has 0 saturated carbocycles. The summed E-state index contributed by atoms with van der Waals surface area (Å²) in [5.41, 5.74) is 1.03. The number of pyridine rings is 2. The van der Waals surface area contributed by atoms with Gasteiger partial charge in [0.2, 0.25) is 0 Å². The van der Waals surface area contributed by atoms with E-state index in [-0.39, 0.29) is 27.2 Å². The minimum Gasteiger partial charge on any atom is -0.370 e. The number of anilines is 1. The zero-order chi connectivity index (χ0) is 24.0. The van der Waals surface area contributed by atoms with Gasteiger partial charge in [0, 0.05) is 48.5 Å². The lowest BCUT2D eigenvalue weighted by molar-refractivity contribution is 0.0391. The molecular weight excluding hydrogens is 464 g/mol. The molecular formula is C24H20ClF2N5O2. The normalized spacial score (nSPS) is 16.3. The van der Waals surface area contributed by atoms with Crippen molar-refractivity contribution in [1.29, 1.82) is 0 Å². The van der Waals surface area contributed by atoms with Gasteiger partial charge in [-0.2, -0.15) is 0 Å². The van der Waals surface area contributed by atoms with E-state index in [1.807, 2.05) is 4.90 Å². The fourth-order valence-corrected chi connectivity index (χ4v) is 4.24. The topological polar surface area (TPSA) is 73.1 Å². The van der Waals surface area contributed by atoms with Gasteiger partial charge in [-0.05, 0) is 31.2 Å². The summed E-state index contributed by atoms with van der Waals surface area (Å²) in [4.78, 5) is 28.3. The summed E-state index contributed by atoms with van der Waals surface area (Å²) in [6, 6.07) is 7.34. The van der Waals surface area contributed by atoms with Crippen LogP contribution in [-0.2, 0) is 11.8 Å². The number of nitrogens with zero attached hydrogens (tertiary/aromatic N) is 5. The molecule has 1 atom stereocenters. The lowest BCUT2D eigenvalue weighted by atomic mass is 10.1. The number of fused-ring (bicyclic) bond motifs is 1. The molecule has 0 spiro atoms. The smallest absolute Gasteiger partial charge is 0.263 e. The van der Waals surface area contributed by atoms with Crippen molar-refractivity contribution in [3.05, 3.63) is 81.1 Å². The Kier molecular flexibility index (Phi) is 5.75. The van der Waals surface area contributed by atoms with E-state index in [0.717, 1.165) is 6.20 Å². The highest BCUT2D eigenvalue weighted by atomic mass is 35.5. The van der Waals surface area contributed by atoms with Crippen molar-refractivity contribution in [3.8, 4) is 11.3 Å². The van der Waals surface area contributed by atoms with Crippen LogP contribution in [0.5, 0.6) is 0 Å². The maximum atomic E-state index is 14.9. The minimum absolute atomic E-state index is 0.151. The van der Waals surface area contributed by atoms with Gasteiger partial charge >= 0.3 is 0 Å². The van der Waals surface area contributed by atoms with Crippen LogP contribution >= 0.6 is 11.6 Å². The van der Waals surface area contributed by atoms with E-state index in [0.29, 0.717) is 42.4 Å². The molecule has 1 aliphatic heterocycles. The van der Waals surface area contributed by atoms with Crippen molar-refractivity contribution < 1.29 is 13.5 Å². The Hall–Kier alpha value is -3.43. The van der Waals surface area contributed by atoms with Crippen LogP contribution in [0.3, 0.4) is 0 Å². The van der Waals surface area contributed by atoms with Crippen LogP contribution in [0, 0.1) is 18.6 Å². The van der Waals surface area contributed by atoms with Crippen LogP contribution in [-0.4, -0.2) is 39.2 Å². The highest BCUT2D eigenvalue weighted by Gasteiger charge is 2.26. The first-order chi connectivity index (χ1) is 16.3. The largest absolute Gasteiger partial charge is 0.370 e. The zero-order valence-corrected chi connectivity index (χ0v) is 19.2. The van der Waals surface area contributed by atoms with Crippen LogP contribution in [0.1, 0.15) is 17.5 Å². The van der Waals surface area contributed by atoms with E-state index < -0.39 is 17.7 Å². The van der Waals surface area contributed by atoms with Gasteiger partial charge in [-0.1, -0.05) is 11.6 Å². The lowest BCUT2D eigenvalue weighted by Gasteiger charge is -2.34. The Labute approximate surface area is 198 Å². The maximum Gasteiger partial charge on any atom is 0.263 e. The summed E-state index contributed by atoms with van der Waals surface area (Å²) in [5.74, 6) is -0.0117. The van der Waals surface area contributed by atoms with Crippen LogP contribution in [0.4, 0.5) is 14.6 Å². The molecule has 1 saturated heterocycles. The van der Waals surface area contributed by atoms with Crippen LogP contribution in [0.2, 0.25) is 5.02 Å². The van der Waals surface area contributed by atoms with Crippen molar-refractivity contribution in [2.24, 2.45) is 7.05 Å². The molecule has 7 nitrogen and oxygen atoms in total. The number of aryl methyl sites for hydroxylation is 1. The third-order valence-electron chi connectivity index (χ3n) is 5.95. The molecule has 4 heterocycles. The number of hydrogen-bond acceptors (Lipinski definition) is 6. The summed E-state index contributed by atoms with van der Waals surface area (Å²) in [6.07, 6.45) is 2.27. The van der Waals surface area contributed by atoms with Crippen molar-refractivity contribution in [2.45, 2.75) is 13.0 Å². The molecule has 0 N–H and O–H groups in total. The second kappa shape index (κ2) is 8.73. The zero-order valence-electron chi connectivity index (χ0n) is 18.4. The molecule has 1 aliphatic rings. The van der Waals surface area contributed by atoms with E-state index in [1.54, 1.807) is 32.3 Å². The number of aromatic nitrogens is 4. The second-order valence-electron chi connectivity index (χ2n) is 8.11. The first kappa shape index (κ1) is 22.4. The molecule has 0 amide bonds. The van der Waals surface area contributed by atoms with E-state index in [4.69, 9.17) is 21.3 Å². The highest BCUT2D eigenvalue weighted by Crippen LogP contribution is 2.32. The average Bonchev–Trinajstić information content (AvgIpc) is 2.82. The van der Waals surface area contributed by atoms with E-state index in [2.05, 4.69) is 9.97 Å². The number of halogens is 3. The van der Waals surface area contributed by atoms with Crippen molar-refractivity contribution >= 4 is 28.3 Å². The molecule has 10 heteroatoms. The van der Waals surface area contributed by atoms with Gasteiger partial charge in [-0.25, -0.2) is 18.7 Å². The molecule has 1 unspecified atom stereocenters. The maximum absolute atomic E-state index is 14.9. The van der Waals surface area contributed by atoms with Gasteiger partial charge < -0.3 is 9.64 Å². The molecule has 0 aliphatic carbocycles. The summed E-state index contributed by atoms with van der Waals surface area (Å²) >= 11 is 5.95. The molecule has 1 fully saturated rings. The third-order valence-corrected chi connectivity index (χ3v) is 6.18. The fraction of sp³-hybridized carbons (Fsp3) is 0.250. The Morgan fingerprint density at radius 3 is 2.74 bits per heavy atom. The Morgan fingerprint density at radius 1 is 1.15 bits per heavy atom. The van der Waals surface area contributed by atoms with Gasteiger partial charge in [-0.15, -0.1) is 0 Å². The predicted octanol–water partition coefficient (Wildman–Crippen LogP) is 4.21. The monoisotopic (exact) mass is 483 g/mol. The molecule has 0 radical (unpaired) electrons. The Bertz CT molecular complexity index is 1480. The van der Waals surface area contributed by atoms with Crippen LogP contribution < -0.4 is 10.5 Å². The minimum atomic E-state index is -0.591. The summed E-state index contributed by atoms with van der Waals surface area (Å²) in [5, 5.41) is 0.459. The number of ether oxygens (including phenoxy) is 1. The van der Waals surface area contributed by atoms with E-state index in [9.17, 15) is 13.6 Å². The number of rotatable bonds is 3. The van der Waals surface area contributed by atoms with E-state index in [1.165, 1.54) is 22.8 Å². The van der Waals surface area contributed by atoms with Crippen LogP contribution in [0.15, 0.2) is 47.5 Å². The van der Waals surface area contributed by atoms with Gasteiger partial charge in [0.25, 0.3) is 5.56 Å². The number of benzene rings is 1. The molecule has 0 bridgehead atoms. The van der Waals surface area contributed by atoms with Gasteiger partial charge in [0.1, 0.15) is 29.4 Å². The van der Waals surface area contributed by atoms with Gasteiger partial charge in [0.05, 0.1) is 29.4 Å². The Balaban J connectivity index is 1.66. The molecule has 3 aromatic heterocycles. The van der Waals surface area contributed by atoms with E-state index >= 15 is 0 Å². The quantitative estimate of drug-likeness (QED) is 0.434. The van der Waals surface area contributed by atoms with Crippen molar-refractivity contribution in [1.82, 2.24) is 19.5 Å². The lowest BCUT2D eigenvalue weighted by Crippen LogP contribution is -2.39. The first-order valence-electron chi connectivity index (χ1n) is 10.6. The van der Waals surface area contributed by atoms with Crippen molar-refractivity contribution in [3.63, 3.8) is 0 Å². The standard InChI is InChI=1S/C24H20ClF2N5O2/c1-13-29-19-9-21(32-5-6-34-20(12-32)14-7-16(26)11-28-10-14)30-23(22(19)24(33)31(13)2)17-4-3-15(25)8-18(17)27/h3-4,7-11,20H,5-6,12H2,1-2H3. The fourth-order valence-electron chi connectivity index (χ4n) is 4.08. The molecule has 1 aromatic carbocycles. The highest BCUT2D eigenvalue weighted by molar-refractivity contribution is 6.30. The molecule has 174 valence electrons. The SMILES string of the molecule is Cc1nc2cc(N3CCOC(c4cncc(F)c4)C3)nc(-c3ccc(Cl)cc3F)c2c(=O)n1C. The second-order valence-corrected chi connectivity index (χ2v) is 8.55. The summed E-state index contributed by atoms with van der Waals surface area (Å²) < 4.78 is 35.9. The van der Waals surface area contributed by atoms with Gasteiger partial charge in [-0.3, -0.25) is 14.3 Å². The van der Waals surface area contributed by atoms with Gasteiger partial charge in [0.15, 0.2) is 0 Å².